The number of rotatable bonds is 5. The Morgan fingerprint density at radius 2 is 1.93 bits per heavy atom. The van der Waals surface area contributed by atoms with Crippen molar-refractivity contribution in [1.82, 2.24) is 9.78 Å². The molecule has 0 radical (unpaired) electrons. The highest BCUT2D eigenvalue weighted by Crippen LogP contribution is 2.33. The maximum absolute atomic E-state index is 12.9. The summed E-state index contributed by atoms with van der Waals surface area (Å²) in [5.74, 6) is -0.624. The lowest BCUT2D eigenvalue weighted by molar-refractivity contribution is -0.137. The molecule has 9 heteroatoms. The van der Waals surface area contributed by atoms with E-state index in [1.54, 1.807) is 13.1 Å². The molecule has 0 spiro atoms. The van der Waals surface area contributed by atoms with E-state index >= 15 is 0 Å². The van der Waals surface area contributed by atoms with Crippen LogP contribution in [0.3, 0.4) is 0 Å². The zero-order chi connectivity index (χ0) is 20.3. The second-order valence-electron chi connectivity index (χ2n) is 5.84. The molecule has 5 nitrogen and oxygen atoms in total. The van der Waals surface area contributed by atoms with E-state index in [2.05, 4.69) is 10.4 Å². The third-order valence-electron chi connectivity index (χ3n) is 3.74. The number of alkyl halides is 3. The van der Waals surface area contributed by atoms with Crippen molar-refractivity contribution in [2.24, 2.45) is 7.05 Å². The number of aryl methyl sites for hydroxylation is 1. The Hall–Kier alpha value is -2.94. The highest BCUT2D eigenvalue weighted by molar-refractivity contribution is 7.98. The third-order valence-corrected chi connectivity index (χ3v) is 4.47. The number of halogens is 3. The maximum atomic E-state index is 12.9. The fourth-order valence-corrected chi connectivity index (χ4v) is 2.91. The number of aromatic nitrogens is 2. The molecule has 1 N–H and O–H groups in total. The molecule has 1 amide bonds. The van der Waals surface area contributed by atoms with Crippen molar-refractivity contribution in [1.29, 1.82) is 0 Å². The van der Waals surface area contributed by atoms with E-state index in [9.17, 15) is 18.0 Å². The molecule has 3 rings (SSSR count). The Kier molecular flexibility index (Phi) is 5.64. The van der Waals surface area contributed by atoms with Gasteiger partial charge in [0, 0.05) is 23.8 Å². The lowest BCUT2D eigenvalue weighted by atomic mass is 10.2. The van der Waals surface area contributed by atoms with E-state index in [0.717, 1.165) is 17.0 Å². The zero-order valence-corrected chi connectivity index (χ0v) is 15.8. The molecule has 3 aromatic rings. The van der Waals surface area contributed by atoms with Gasteiger partial charge in [-0.05, 0) is 42.7 Å². The molecule has 0 atom stereocenters. The number of carbonyl (C=O) groups is 1. The third kappa shape index (κ3) is 4.66. The van der Waals surface area contributed by atoms with Crippen LogP contribution in [0.25, 0.3) is 0 Å². The Labute approximate surface area is 163 Å². The maximum Gasteiger partial charge on any atom is 0.416 e. The molecule has 28 heavy (non-hydrogen) atoms. The minimum absolute atomic E-state index is 0.0630. The lowest BCUT2D eigenvalue weighted by Crippen LogP contribution is -2.12. The average Bonchev–Trinajstić information content (AvgIpc) is 3.01. The number of nitrogens with zero attached hydrogens (tertiary/aromatic N) is 2. The molecule has 0 aliphatic carbocycles. The summed E-state index contributed by atoms with van der Waals surface area (Å²) in [5, 5.41) is 6.78. The van der Waals surface area contributed by atoms with Gasteiger partial charge in [-0.15, -0.1) is 16.9 Å². The fraction of sp³-hybridized carbons (Fsp3) is 0.158. The van der Waals surface area contributed by atoms with Crippen LogP contribution in [-0.4, -0.2) is 21.9 Å². The normalized spacial score (nSPS) is 11.3. The van der Waals surface area contributed by atoms with Crippen LogP contribution in [0, 0.1) is 0 Å². The molecular weight excluding hydrogens is 391 g/mol. The summed E-state index contributed by atoms with van der Waals surface area (Å²) in [4.78, 5) is 13.6. The van der Waals surface area contributed by atoms with Crippen molar-refractivity contribution in [3.8, 4) is 11.6 Å². The summed E-state index contributed by atoms with van der Waals surface area (Å²) >= 11 is 1.53. The molecule has 2 aromatic carbocycles. The van der Waals surface area contributed by atoms with Crippen LogP contribution in [0.4, 0.5) is 18.9 Å². The van der Waals surface area contributed by atoms with Crippen molar-refractivity contribution < 1.29 is 22.7 Å². The summed E-state index contributed by atoms with van der Waals surface area (Å²) in [6.07, 6.45) is -1.13. The number of thioether (sulfide) groups is 1. The van der Waals surface area contributed by atoms with Gasteiger partial charge in [0.2, 0.25) is 0 Å². The standard InChI is InChI=1S/C19H16F3N3O2S/c1-25-11-16(17(26)23-13-6-4-8-15(10-13)28-2)18(24-25)27-14-7-3-5-12(9-14)19(20,21)22/h3-11H,1-2H3,(H,23,26). The van der Waals surface area contributed by atoms with Gasteiger partial charge in [-0.3, -0.25) is 9.48 Å². The topological polar surface area (TPSA) is 56.2 Å². The molecular formula is C19H16F3N3O2S. The summed E-state index contributed by atoms with van der Waals surface area (Å²) < 4.78 is 45.5. The van der Waals surface area contributed by atoms with Crippen molar-refractivity contribution >= 4 is 23.4 Å². The van der Waals surface area contributed by atoms with Gasteiger partial charge in [0.05, 0.1) is 5.56 Å². The summed E-state index contributed by atoms with van der Waals surface area (Å²) in [6, 6.07) is 11.7. The molecule has 1 heterocycles. The van der Waals surface area contributed by atoms with E-state index in [1.165, 1.54) is 34.8 Å². The number of ether oxygens (including phenoxy) is 1. The SMILES string of the molecule is CSc1cccc(NC(=O)c2cn(C)nc2Oc2cccc(C(F)(F)F)c2)c1. The van der Waals surface area contributed by atoms with Crippen LogP contribution in [0.2, 0.25) is 0 Å². The van der Waals surface area contributed by atoms with Crippen LogP contribution >= 0.6 is 11.8 Å². The van der Waals surface area contributed by atoms with Crippen molar-refractivity contribution in [3.63, 3.8) is 0 Å². The number of benzene rings is 2. The molecule has 0 saturated heterocycles. The van der Waals surface area contributed by atoms with Crippen LogP contribution in [-0.2, 0) is 13.2 Å². The molecule has 146 valence electrons. The van der Waals surface area contributed by atoms with E-state index in [-0.39, 0.29) is 17.2 Å². The van der Waals surface area contributed by atoms with Gasteiger partial charge in [0.25, 0.3) is 11.8 Å². The first kappa shape index (κ1) is 19.8. The predicted octanol–water partition coefficient (Wildman–Crippen LogP) is 5.21. The van der Waals surface area contributed by atoms with Gasteiger partial charge in [-0.2, -0.15) is 13.2 Å². The number of nitrogens with one attached hydrogen (secondary N) is 1. The van der Waals surface area contributed by atoms with Gasteiger partial charge < -0.3 is 10.1 Å². The van der Waals surface area contributed by atoms with Gasteiger partial charge in [0.15, 0.2) is 0 Å². The number of carbonyl (C=O) groups excluding carboxylic acids is 1. The lowest BCUT2D eigenvalue weighted by Gasteiger charge is -2.10. The summed E-state index contributed by atoms with van der Waals surface area (Å²) in [5.41, 5.74) is -0.152. The van der Waals surface area contributed by atoms with Gasteiger partial charge >= 0.3 is 6.18 Å². The minimum atomic E-state index is -4.49. The van der Waals surface area contributed by atoms with Gasteiger partial charge in [-0.25, -0.2) is 0 Å². The Bertz CT molecular complexity index is 1000. The number of hydrogen-bond donors (Lipinski definition) is 1. The highest BCUT2D eigenvalue weighted by Gasteiger charge is 2.31. The minimum Gasteiger partial charge on any atom is -0.437 e. The first-order chi connectivity index (χ1) is 13.3. The van der Waals surface area contributed by atoms with Crippen LogP contribution in [0.1, 0.15) is 15.9 Å². The largest absolute Gasteiger partial charge is 0.437 e. The van der Waals surface area contributed by atoms with E-state index in [4.69, 9.17) is 4.74 Å². The summed E-state index contributed by atoms with van der Waals surface area (Å²) in [7, 11) is 1.59. The average molecular weight is 407 g/mol. The van der Waals surface area contributed by atoms with E-state index < -0.39 is 17.6 Å². The van der Waals surface area contributed by atoms with Crippen molar-refractivity contribution in [3.05, 3.63) is 65.9 Å². The smallest absolute Gasteiger partial charge is 0.416 e. The molecule has 0 bridgehead atoms. The second kappa shape index (κ2) is 7.97. The summed E-state index contributed by atoms with van der Waals surface area (Å²) in [6.45, 7) is 0. The molecule has 0 aliphatic heterocycles. The first-order valence-electron chi connectivity index (χ1n) is 8.10. The van der Waals surface area contributed by atoms with Crippen LogP contribution in [0.5, 0.6) is 11.6 Å². The van der Waals surface area contributed by atoms with Crippen LogP contribution in [0.15, 0.2) is 59.6 Å². The Morgan fingerprint density at radius 1 is 1.18 bits per heavy atom. The monoisotopic (exact) mass is 407 g/mol. The quantitative estimate of drug-likeness (QED) is 0.591. The van der Waals surface area contributed by atoms with Crippen molar-refractivity contribution in [2.75, 3.05) is 11.6 Å². The Balaban J connectivity index is 1.84. The molecule has 1 aromatic heterocycles. The fourth-order valence-electron chi connectivity index (χ4n) is 2.45. The molecule has 0 aliphatic rings. The van der Waals surface area contributed by atoms with Gasteiger partial charge in [-0.1, -0.05) is 12.1 Å². The molecule has 0 fully saturated rings. The number of anilines is 1. The number of hydrogen-bond acceptors (Lipinski definition) is 4. The first-order valence-corrected chi connectivity index (χ1v) is 9.33. The zero-order valence-electron chi connectivity index (χ0n) is 14.9. The second-order valence-corrected chi connectivity index (χ2v) is 6.71. The predicted molar refractivity (Wildman–Crippen MR) is 101 cm³/mol. The van der Waals surface area contributed by atoms with Gasteiger partial charge in [0.1, 0.15) is 11.3 Å². The molecule has 0 unspecified atom stereocenters. The van der Waals surface area contributed by atoms with E-state index in [1.807, 2.05) is 24.5 Å². The van der Waals surface area contributed by atoms with E-state index in [0.29, 0.717) is 5.69 Å². The van der Waals surface area contributed by atoms with Crippen LogP contribution < -0.4 is 10.1 Å². The number of amides is 1. The Morgan fingerprint density at radius 3 is 2.64 bits per heavy atom. The molecule has 0 saturated carbocycles. The van der Waals surface area contributed by atoms with Crippen molar-refractivity contribution in [2.45, 2.75) is 11.1 Å². The highest BCUT2D eigenvalue weighted by atomic mass is 32.2.